The van der Waals surface area contributed by atoms with E-state index < -0.39 is 0 Å². The van der Waals surface area contributed by atoms with Crippen LogP contribution in [0.4, 0.5) is 0 Å². The summed E-state index contributed by atoms with van der Waals surface area (Å²) in [5.74, 6) is 1.48. The van der Waals surface area contributed by atoms with Crippen molar-refractivity contribution in [3.63, 3.8) is 0 Å². The third kappa shape index (κ3) is 2.86. The second kappa shape index (κ2) is 6.83. The van der Waals surface area contributed by atoms with Crippen LogP contribution in [-0.4, -0.2) is 13.8 Å². The van der Waals surface area contributed by atoms with Gasteiger partial charge in [0.05, 0.1) is 17.7 Å². The number of quaternary nitrogens is 1. The van der Waals surface area contributed by atoms with Gasteiger partial charge in [-0.3, -0.25) is 4.90 Å². The summed E-state index contributed by atoms with van der Waals surface area (Å²) < 4.78 is 17.1. The molecule has 0 bridgehead atoms. The molecule has 1 aromatic heterocycles. The molecule has 5 nitrogen and oxygen atoms in total. The summed E-state index contributed by atoms with van der Waals surface area (Å²) in [6, 6.07) is 9.93. The summed E-state index contributed by atoms with van der Waals surface area (Å²) in [7, 11) is 1.67. The summed E-state index contributed by atoms with van der Waals surface area (Å²) in [5.41, 5.74) is 4.36. The minimum absolute atomic E-state index is 0.218. The zero-order chi connectivity index (χ0) is 19.3. The molecule has 0 radical (unpaired) electrons. The van der Waals surface area contributed by atoms with Crippen molar-refractivity contribution >= 4 is 22.6 Å². The first-order valence-corrected chi connectivity index (χ1v) is 9.91. The van der Waals surface area contributed by atoms with E-state index >= 15 is 0 Å². The second-order valence-corrected chi connectivity index (χ2v) is 7.89. The first kappa shape index (κ1) is 17.6. The Morgan fingerprint density at radius 3 is 2.89 bits per heavy atom. The molecular formula is C22H21ClNO4+. The third-order valence-electron chi connectivity index (χ3n) is 5.70. The van der Waals surface area contributed by atoms with E-state index in [9.17, 15) is 4.79 Å². The van der Waals surface area contributed by atoms with Crippen molar-refractivity contribution in [2.45, 2.75) is 32.4 Å². The SMILES string of the molecule is COc1cccc(C[NH+]2COc3c(Cl)cc4c5c(c(=O)oc4c3C2)CCC5)c1. The molecular weight excluding hydrogens is 378 g/mol. The minimum Gasteiger partial charge on any atom is -0.497 e. The van der Waals surface area contributed by atoms with Crippen molar-refractivity contribution in [3.8, 4) is 11.5 Å². The lowest BCUT2D eigenvalue weighted by Gasteiger charge is -2.27. The van der Waals surface area contributed by atoms with Gasteiger partial charge in [0.2, 0.25) is 6.73 Å². The van der Waals surface area contributed by atoms with E-state index in [0.717, 1.165) is 59.2 Å². The quantitative estimate of drug-likeness (QED) is 0.689. The van der Waals surface area contributed by atoms with Crippen LogP contribution in [0.3, 0.4) is 0 Å². The number of hydrogen-bond donors (Lipinski definition) is 1. The van der Waals surface area contributed by atoms with Crippen LogP contribution in [0.25, 0.3) is 11.0 Å². The maximum atomic E-state index is 12.5. The number of halogens is 1. The summed E-state index contributed by atoms with van der Waals surface area (Å²) >= 11 is 6.54. The molecule has 2 aromatic carbocycles. The maximum Gasteiger partial charge on any atom is 0.339 e. The molecule has 3 aromatic rings. The lowest BCUT2D eigenvalue weighted by atomic mass is 10.0. The molecule has 144 valence electrons. The normalized spacial score (nSPS) is 17.9. The summed E-state index contributed by atoms with van der Waals surface area (Å²) in [6.45, 7) is 1.97. The average Bonchev–Trinajstić information content (AvgIpc) is 3.20. The zero-order valence-electron chi connectivity index (χ0n) is 15.6. The Kier molecular flexibility index (Phi) is 4.29. The zero-order valence-corrected chi connectivity index (χ0v) is 16.4. The highest BCUT2D eigenvalue weighted by atomic mass is 35.5. The molecule has 0 spiro atoms. The van der Waals surface area contributed by atoms with Crippen LogP contribution in [0, 0.1) is 0 Å². The predicted molar refractivity (Wildman–Crippen MR) is 106 cm³/mol. The van der Waals surface area contributed by atoms with Gasteiger partial charge in [-0.05, 0) is 43.0 Å². The lowest BCUT2D eigenvalue weighted by molar-refractivity contribution is -0.945. The summed E-state index contributed by atoms with van der Waals surface area (Å²) in [5, 5.41) is 1.55. The van der Waals surface area contributed by atoms with E-state index in [-0.39, 0.29) is 5.63 Å². The molecule has 28 heavy (non-hydrogen) atoms. The molecule has 1 unspecified atom stereocenters. The number of fused-ring (bicyclic) bond motifs is 5. The number of nitrogens with one attached hydrogen (secondary N) is 1. The fraction of sp³-hybridized carbons (Fsp3) is 0.318. The van der Waals surface area contributed by atoms with Gasteiger partial charge in [0, 0.05) is 16.5 Å². The second-order valence-electron chi connectivity index (χ2n) is 7.49. The first-order valence-electron chi connectivity index (χ1n) is 9.53. The molecule has 2 heterocycles. The van der Waals surface area contributed by atoms with E-state index in [1.807, 2.05) is 24.3 Å². The standard InChI is InChI=1S/C22H20ClNO4/c1-26-14-5-2-4-13(8-14)10-24-11-18-20-17(9-19(23)21(18)27-12-24)15-6-3-7-16(15)22(25)28-20/h2,4-5,8-9H,3,6-7,10-12H2,1H3/p+1. The summed E-state index contributed by atoms with van der Waals surface area (Å²) in [4.78, 5) is 13.7. The van der Waals surface area contributed by atoms with Crippen molar-refractivity contribution < 1.29 is 18.8 Å². The molecule has 1 aliphatic heterocycles. The third-order valence-corrected chi connectivity index (χ3v) is 5.98. The molecule has 0 amide bonds. The topological polar surface area (TPSA) is 53.1 Å². The van der Waals surface area contributed by atoms with Crippen molar-refractivity contribution in [1.29, 1.82) is 0 Å². The monoisotopic (exact) mass is 398 g/mol. The number of rotatable bonds is 3. The van der Waals surface area contributed by atoms with Gasteiger partial charge in [-0.1, -0.05) is 23.7 Å². The van der Waals surface area contributed by atoms with Crippen molar-refractivity contribution in [2.24, 2.45) is 0 Å². The van der Waals surface area contributed by atoms with E-state index in [4.69, 9.17) is 25.5 Å². The van der Waals surface area contributed by atoms with Crippen LogP contribution >= 0.6 is 11.6 Å². The van der Waals surface area contributed by atoms with Crippen molar-refractivity contribution in [2.75, 3.05) is 13.8 Å². The number of methoxy groups -OCH3 is 1. The highest BCUT2D eigenvalue weighted by molar-refractivity contribution is 6.33. The van der Waals surface area contributed by atoms with Crippen LogP contribution in [-0.2, 0) is 25.9 Å². The lowest BCUT2D eigenvalue weighted by Crippen LogP contribution is -3.10. The maximum absolute atomic E-state index is 12.5. The molecule has 0 fully saturated rings. The predicted octanol–water partition coefficient (Wildman–Crippen LogP) is 2.88. The number of aryl methyl sites for hydroxylation is 1. The van der Waals surface area contributed by atoms with E-state index in [2.05, 4.69) is 6.07 Å². The number of hydrogen-bond acceptors (Lipinski definition) is 4. The fourth-order valence-corrected chi connectivity index (χ4v) is 4.68. The highest BCUT2D eigenvalue weighted by Gasteiger charge is 2.30. The Bertz CT molecular complexity index is 1140. The van der Waals surface area contributed by atoms with Gasteiger partial charge in [0.15, 0.2) is 11.3 Å². The van der Waals surface area contributed by atoms with Crippen LogP contribution in [0.1, 0.15) is 28.7 Å². The van der Waals surface area contributed by atoms with E-state index in [1.54, 1.807) is 7.11 Å². The van der Waals surface area contributed by atoms with Crippen LogP contribution in [0.15, 0.2) is 39.5 Å². The van der Waals surface area contributed by atoms with Gasteiger partial charge in [-0.25, -0.2) is 4.79 Å². The van der Waals surface area contributed by atoms with Crippen LogP contribution in [0.2, 0.25) is 5.02 Å². The van der Waals surface area contributed by atoms with Gasteiger partial charge < -0.3 is 13.9 Å². The molecule has 1 atom stereocenters. The van der Waals surface area contributed by atoms with E-state index in [1.165, 1.54) is 4.90 Å². The smallest absolute Gasteiger partial charge is 0.339 e. The molecule has 1 aliphatic carbocycles. The molecule has 1 N–H and O–H groups in total. The fourth-order valence-electron chi connectivity index (χ4n) is 4.41. The van der Waals surface area contributed by atoms with Gasteiger partial charge >= 0.3 is 5.63 Å². The average molecular weight is 399 g/mol. The minimum atomic E-state index is -0.218. The Balaban J connectivity index is 1.55. The summed E-state index contributed by atoms with van der Waals surface area (Å²) in [6.07, 6.45) is 2.66. The van der Waals surface area contributed by atoms with Crippen molar-refractivity contribution in [3.05, 3.63) is 68.0 Å². The Hall–Kier alpha value is -2.50. The number of ether oxygens (including phenoxy) is 2. The van der Waals surface area contributed by atoms with Crippen LogP contribution < -0.4 is 20.0 Å². The van der Waals surface area contributed by atoms with Gasteiger partial charge in [-0.2, -0.15) is 0 Å². The van der Waals surface area contributed by atoms with E-state index in [0.29, 0.717) is 29.6 Å². The molecule has 0 saturated heterocycles. The molecule has 5 rings (SSSR count). The van der Waals surface area contributed by atoms with Gasteiger partial charge in [0.1, 0.15) is 18.8 Å². The van der Waals surface area contributed by atoms with Crippen LogP contribution in [0.5, 0.6) is 11.5 Å². The van der Waals surface area contributed by atoms with Gasteiger partial charge in [-0.15, -0.1) is 0 Å². The number of benzene rings is 2. The largest absolute Gasteiger partial charge is 0.497 e. The van der Waals surface area contributed by atoms with Gasteiger partial charge in [0.25, 0.3) is 0 Å². The van der Waals surface area contributed by atoms with Crippen molar-refractivity contribution in [1.82, 2.24) is 0 Å². The first-order chi connectivity index (χ1) is 13.6. The molecule has 0 saturated carbocycles. The highest BCUT2D eigenvalue weighted by Crippen LogP contribution is 2.39. The Morgan fingerprint density at radius 1 is 1.18 bits per heavy atom. The Morgan fingerprint density at radius 2 is 2.04 bits per heavy atom. The molecule has 2 aliphatic rings. The molecule has 6 heteroatoms. The Labute approximate surface area is 167 Å².